The standard InChI is InChI=1S/C10H11N3O3S2/c11-18(15,16)9-4-2-1-3-8(9)12-5-7-6-17-10(14)13-7/h1-4,6,12H,5H2,(H,13,14)(H2,11,15,16). The molecule has 0 aliphatic carbocycles. The number of rotatable bonds is 4. The SMILES string of the molecule is NS(=O)(=O)c1ccccc1NCc1csc(=O)[nH]1. The van der Waals surface area contributed by atoms with Gasteiger partial charge in [-0.1, -0.05) is 23.5 Å². The highest BCUT2D eigenvalue weighted by Crippen LogP contribution is 2.19. The molecule has 1 heterocycles. The molecule has 8 heteroatoms. The van der Waals surface area contributed by atoms with Crippen LogP contribution in [0, 0.1) is 0 Å². The number of primary sulfonamides is 1. The van der Waals surface area contributed by atoms with Gasteiger partial charge in [0.1, 0.15) is 4.90 Å². The molecule has 0 radical (unpaired) electrons. The van der Waals surface area contributed by atoms with Crippen LogP contribution in [0.4, 0.5) is 5.69 Å². The minimum Gasteiger partial charge on any atom is -0.378 e. The van der Waals surface area contributed by atoms with Crippen molar-refractivity contribution < 1.29 is 8.42 Å². The molecule has 0 aliphatic rings. The number of hydrogen-bond acceptors (Lipinski definition) is 5. The molecule has 0 spiro atoms. The summed E-state index contributed by atoms with van der Waals surface area (Å²) in [6.07, 6.45) is 0. The van der Waals surface area contributed by atoms with Crippen molar-refractivity contribution in [2.45, 2.75) is 11.4 Å². The lowest BCUT2D eigenvalue weighted by Gasteiger charge is -2.09. The molecule has 0 saturated heterocycles. The number of para-hydroxylation sites is 1. The van der Waals surface area contributed by atoms with Crippen LogP contribution in [-0.2, 0) is 16.6 Å². The van der Waals surface area contributed by atoms with Gasteiger partial charge in [0, 0.05) is 11.1 Å². The summed E-state index contributed by atoms with van der Waals surface area (Å²) in [5.74, 6) is 0. The third-order valence-corrected chi connectivity index (χ3v) is 3.92. The molecule has 4 N–H and O–H groups in total. The van der Waals surface area contributed by atoms with Crippen LogP contribution >= 0.6 is 11.3 Å². The first-order valence-electron chi connectivity index (χ1n) is 4.99. The zero-order valence-corrected chi connectivity index (χ0v) is 10.8. The van der Waals surface area contributed by atoms with E-state index in [2.05, 4.69) is 10.3 Å². The summed E-state index contributed by atoms with van der Waals surface area (Å²) in [6, 6.07) is 6.34. The van der Waals surface area contributed by atoms with Crippen LogP contribution in [0.25, 0.3) is 0 Å². The van der Waals surface area contributed by atoms with E-state index in [0.29, 0.717) is 17.9 Å². The number of aromatic nitrogens is 1. The third kappa shape index (κ3) is 2.97. The lowest BCUT2D eigenvalue weighted by molar-refractivity contribution is 0.598. The van der Waals surface area contributed by atoms with Crippen LogP contribution in [0.15, 0.2) is 39.3 Å². The lowest BCUT2D eigenvalue weighted by Crippen LogP contribution is -2.15. The fourth-order valence-electron chi connectivity index (χ4n) is 1.45. The van der Waals surface area contributed by atoms with E-state index in [-0.39, 0.29) is 9.77 Å². The summed E-state index contributed by atoms with van der Waals surface area (Å²) in [4.78, 5) is 13.5. The highest BCUT2D eigenvalue weighted by Gasteiger charge is 2.12. The molecule has 0 aliphatic heterocycles. The number of aromatic amines is 1. The minimum atomic E-state index is -3.76. The number of anilines is 1. The molecule has 2 rings (SSSR count). The number of nitrogens with two attached hydrogens (primary N) is 1. The molecule has 0 fully saturated rings. The maximum atomic E-state index is 11.4. The van der Waals surface area contributed by atoms with Crippen LogP contribution < -0.4 is 15.3 Å². The van der Waals surface area contributed by atoms with E-state index in [1.54, 1.807) is 23.6 Å². The van der Waals surface area contributed by atoms with Crippen molar-refractivity contribution >= 4 is 27.0 Å². The number of thiazole rings is 1. The number of sulfonamides is 1. The molecule has 1 aromatic heterocycles. The Bertz CT molecular complexity index is 703. The van der Waals surface area contributed by atoms with Crippen LogP contribution in [0.3, 0.4) is 0 Å². The topological polar surface area (TPSA) is 105 Å². The molecule has 0 atom stereocenters. The van der Waals surface area contributed by atoms with Crippen molar-refractivity contribution in [1.82, 2.24) is 4.98 Å². The Hall–Kier alpha value is -1.64. The first kappa shape index (κ1) is 12.8. The number of H-pyrrole nitrogens is 1. The van der Waals surface area contributed by atoms with Crippen LogP contribution in [0.5, 0.6) is 0 Å². The molecule has 0 amide bonds. The number of hydrogen-bond donors (Lipinski definition) is 3. The minimum absolute atomic E-state index is 0.0302. The zero-order valence-electron chi connectivity index (χ0n) is 9.21. The van der Waals surface area contributed by atoms with Crippen molar-refractivity contribution in [3.05, 3.63) is 45.0 Å². The Labute approximate surface area is 108 Å². The smallest absolute Gasteiger partial charge is 0.304 e. The normalized spacial score (nSPS) is 11.4. The van der Waals surface area contributed by atoms with Crippen LogP contribution in [0.2, 0.25) is 0 Å². The maximum absolute atomic E-state index is 11.4. The summed E-state index contributed by atoms with van der Waals surface area (Å²) in [5.41, 5.74) is 1.10. The van der Waals surface area contributed by atoms with Gasteiger partial charge in [0.25, 0.3) is 0 Å². The summed E-state index contributed by atoms with van der Waals surface area (Å²) >= 11 is 1.06. The van der Waals surface area contributed by atoms with E-state index in [4.69, 9.17) is 5.14 Å². The largest absolute Gasteiger partial charge is 0.378 e. The second-order valence-corrected chi connectivity index (χ2v) is 5.94. The van der Waals surface area contributed by atoms with Gasteiger partial charge in [-0.2, -0.15) is 0 Å². The highest BCUT2D eigenvalue weighted by atomic mass is 32.2. The zero-order chi connectivity index (χ0) is 13.2. The van der Waals surface area contributed by atoms with E-state index in [1.807, 2.05) is 0 Å². The second-order valence-electron chi connectivity index (χ2n) is 3.57. The predicted molar refractivity (Wildman–Crippen MR) is 70.1 cm³/mol. The van der Waals surface area contributed by atoms with Gasteiger partial charge >= 0.3 is 4.87 Å². The molecule has 1 aromatic carbocycles. The molecule has 18 heavy (non-hydrogen) atoms. The van der Waals surface area contributed by atoms with Crippen LogP contribution in [0.1, 0.15) is 5.69 Å². The second kappa shape index (κ2) is 4.92. The van der Waals surface area contributed by atoms with Crippen molar-refractivity contribution in [3.8, 4) is 0 Å². The van der Waals surface area contributed by atoms with Crippen molar-refractivity contribution in [2.75, 3.05) is 5.32 Å². The first-order chi connectivity index (χ1) is 8.47. The molecule has 0 unspecified atom stereocenters. The van der Waals surface area contributed by atoms with Crippen LogP contribution in [-0.4, -0.2) is 13.4 Å². The first-order valence-corrected chi connectivity index (χ1v) is 7.42. The molecule has 0 saturated carbocycles. The van der Waals surface area contributed by atoms with Crippen molar-refractivity contribution in [1.29, 1.82) is 0 Å². The Morgan fingerprint density at radius 2 is 2.06 bits per heavy atom. The van der Waals surface area contributed by atoms with Crippen molar-refractivity contribution in [2.24, 2.45) is 5.14 Å². The van der Waals surface area contributed by atoms with E-state index in [0.717, 1.165) is 11.3 Å². The van der Waals surface area contributed by atoms with Gasteiger partial charge in [0.2, 0.25) is 10.0 Å². The van der Waals surface area contributed by atoms with E-state index >= 15 is 0 Å². The average molecular weight is 285 g/mol. The molecule has 2 aromatic rings. The van der Waals surface area contributed by atoms with Gasteiger partial charge in [0.15, 0.2) is 0 Å². The summed E-state index contributed by atoms with van der Waals surface area (Å²) in [7, 11) is -3.76. The van der Waals surface area contributed by atoms with E-state index < -0.39 is 10.0 Å². The van der Waals surface area contributed by atoms with E-state index in [1.165, 1.54) is 6.07 Å². The molecule has 0 bridgehead atoms. The summed E-state index contributed by atoms with van der Waals surface area (Å²) in [5, 5.41) is 9.71. The lowest BCUT2D eigenvalue weighted by atomic mass is 10.3. The molecular formula is C10H11N3O3S2. The molecule has 96 valence electrons. The average Bonchev–Trinajstić information content (AvgIpc) is 2.72. The highest BCUT2D eigenvalue weighted by molar-refractivity contribution is 7.89. The van der Waals surface area contributed by atoms with Gasteiger partial charge in [0.05, 0.1) is 12.2 Å². The molecular weight excluding hydrogens is 274 g/mol. The summed E-state index contributed by atoms with van der Waals surface area (Å²) < 4.78 is 22.7. The predicted octanol–water partition coefficient (Wildman–Crippen LogP) is 0.696. The quantitative estimate of drug-likeness (QED) is 0.768. The molecule has 6 nitrogen and oxygen atoms in total. The maximum Gasteiger partial charge on any atom is 0.304 e. The van der Waals surface area contributed by atoms with Gasteiger partial charge in [-0.25, -0.2) is 13.6 Å². The fraction of sp³-hybridized carbons (Fsp3) is 0.100. The number of nitrogens with one attached hydrogen (secondary N) is 2. The Balaban J connectivity index is 2.22. The monoisotopic (exact) mass is 285 g/mol. The van der Waals surface area contributed by atoms with Gasteiger partial charge in [-0.15, -0.1) is 0 Å². The Kier molecular flexibility index (Phi) is 3.50. The van der Waals surface area contributed by atoms with Gasteiger partial charge in [-0.3, -0.25) is 4.79 Å². The van der Waals surface area contributed by atoms with Gasteiger partial charge < -0.3 is 10.3 Å². The number of benzene rings is 1. The van der Waals surface area contributed by atoms with Crippen molar-refractivity contribution in [3.63, 3.8) is 0 Å². The van der Waals surface area contributed by atoms with E-state index in [9.17, 15) is 13.2 Å². The fourth-order valence-corrected chi connectivity index (χ4v) is 2.75. The summed E-state index contributed by atoms with van der Waals surface area (Å²) in [6.45, 7) is 0.325. The Morgan fingerprint density at radius 1 is 1.33 bits per heavy atom. The third-order valence-electron chi connectivity index (χ3n) is 2.23. The van der Waals surface area contributed by atoms with Gasteiger partial charge in [-0.05, 0) is 12.1 Å². The Morgan fingerprint density at radius 3 is 2.67 bits per heavy atom.